The quantitative estimate of drug-likeness (QED) is 0.478. The van der Waals surface area contributed by atoms with E-state index in [1.165, 1.54) is 11.8 Å². The van der Waals surface area contributed by atoms with Gasteiger partial charge >= 0.3 is 0 Å². The summed E-state index contributed by atoms with van der Waals surface area (Å²) in [6, 6.07) is 7.85. The third-order valence-corrected chi connectivity index (χ3v) is 7.24. The molecule has 0 N–H and O–H groups in total. The van der Waals surface area contributed by atoms with Gasteiger partial charge in [0.1, 0.15) is 4.83 Å². The van der Waals surface area contributed by atoms with Crippen LogP contribution >= 0.6 is 23.1 Å². The molecular formula is C21H23N3O2S2. The molecule has 1 saturated heterocycles. The number of nitrogens with zero attached hydrogens (tertiary/aromatic N) is 3. The number of carbonyl (C=O) groups excluding carboxylic acids is 1. The Labute approximate surface area is 172 Å². The zero-order valence-electron chi connectivity index (χ0n) is 16.3. The van der Waals surface area contributed by atoms with Crippen molar-refractivity contribution in [2.45, 2.75) is 38.8 Å². The van der Waals surface area contributed by atoms with Gasteiger partial charge in [-0.1, -0.05) is 23.9 Å². The van der Waals surface area contributed by atoms with Crippen LogP contribution in [0.15, 0.2) is 34.2 Å². The number of amides is 1. The summed E-state index contributed by atoms with van der Waals surface area (Å²) in [5.41, 5.74) is 2.79. The van der Waals surface area contributed by atoms with Gasteiger partial charge in [0.2, 0.25) is 5.91 Å². The molecule has 0 bridgehead atoms. The molecule has 0 radical (unpaired) electrons. The van der Waals surface area contributed by atoms with Crippen LogP contribution in [0.3, 0.4) is 0 Å². The van der Waals surface area contributed by atoms with E-state index in [0.29, 0.717) is 16.3 Å². The standard InChI is InChI=1S/C21H23N3O2S2/c1-13-7-6-8-16(11-13)24-20(26)18-14(2)15(3)28-19(18)22-21(24)27-12-17(25)23-9-4-5-10-23/h6-8,11H,4-5,9-10,12H2,1-3H3. The number of rotatable bonds is 4. The Morgan fingerprint density at radius 1 is 1.21 bits per heavy atom. The SMILES string of the molecule is Cc1cccc(-n2c(SCC(=O)N3CCCC3)nc3sc(C)c(C)c3c2=O)c1. The zero-order valence-corrected chi connectivity index (χ0v) is 18.0. The second-order valence-corrected chi connectivity index (χ2v) is 9.36. The van der Waals surface area contributed by atoms with Gasteiger partial charge in [0.15, 0.2) is 5.16 Å². The first kappa shape index (κ1) is 19.2. The molecule has 0 spiro atoms. The van der Waals surface area contributed by atoms with Crippen molar-refractivity contribution >= 4 is 39.2 Å². The van der Waals surface area contributed by atoms with E-state index in [9.17, 15) is 9.59 Å². The average Bonchev–Trinajstić information content (AvgIpc) is 3.29. The van der Waals surface area contributed by atoms with Crippen molar-refractivity contribution in [3.63, 3.8) is 0 Å². The first-order chi connectivity index (χ1) is 13.5. The Morgan fingerprint density at radius 2 is 1.96 bits per heavy atom. The molecule has 7 heteroatoms. The number of benzene rings is 1. The Morgan fingerprint density at radius 3 is 2.68 bits per heavy atom. The molecule has 3 heterocycles. The van der Waals surface area contributed by atoms with E-state index >= 15 is 0 Å². The van der Waals surface area contributed by atoms with Gasteiger partial charge in [-0.05, 0) is 56.9 Å². The summed E-state index contributed by atoms with van der Waals surface area (Å²) >= 11 is 2.89. The molecular weight excluding hydrogens is 390 g/mol. The third-order valence-electron chi connectivity index (χ3n) is 5.22. The van der Waals surface area contributed by atoms with Crippen LogP contribution in [-0.4, -0.2) is 39.2 Å². The molecule has 5 nitrogen and oxygen atoms in total. The summed E-state index contributed by atoms with van der Waals surface area (Å²) in [5.74, 6) is 0.416. The lowest BCUT2D eigenvalue weighted by molar-refractivity contribution is -0.127. The van der Waals surface area contributed by atoms with E-state index in [1.807, 2.05) is 49.9 Å². The number of carbonyl (C=O) groups is 1. The first-order valence-electron chi connectivity index (χ1n) is 9.46. The van der Waals surface area contributed by atoms with Crippen LogP contribution in [0.1, 0.15) is 28.8 Å². The van der Waals surface area contributed by atoms with Crippen LogP contribution in [0.4, 0.5) is 0 Å². The number of likely N-dealkylation sites (tertiary alicyclic amines) is 1. The first-order valence-corrected chi connectivity index (χ1v) is 11.3. The number of thioether (sulfide) groups is 1. The van der Waals surface area contributed by atoms with Gasteiger partial charge in [0.05, 0.1) is 16.8 Å². The average molecular weight is 414 g/mol. The van der Waals surface area contributed by atoms with Gasteiger partial charge in [-0.3, -0.25) is 14.2 Å². The van der Waals surface area contributed by atoms with Crippen molar-refractivity contribution in [2.24, 2.45) is 0 Å². The predicted octanol–water partition coefficient (Wildman–Crippen LogP) is 4.09. The molecule has 4 rings (SSSR count). The van der Waals surface area contributed by atoms with Crippen LogP contribution in [0, 0.1) is 20.8 Å². The number of thiophene rings is 1. The molecule has 1 aromatic carbocycles. The lowest BCUT2D eigenvalue weighted by Crippen LogP contribution is -2.29. The molecule has 0 saturated carbocycles. The van der Waals surface area contributed by atoms with Gasteiger partial charge in [0.25, 0.3) is 5.56 Å². The molecule has 0 aliphatic carbocycles. The van der Waals surface area contributed by atoms with Crippen molar-refractivity contribution < 1.29 is 4.79 Å². The van der Waals surface area contributed by atoms with Crippen LogP contribution in [0.5, 0.6) is 0 Å². The number of hydrogen-bond acceptors (Lipinski definition) is 5. The minimum atomic E-state index is -0.0615. The number of fused-ring (bicyclic) bond motifs is 1. The van der Waals surface area contributed by atoms with Gasteiger partial charge in [-0.2, -0.15) is 0 Å². The van der Waals surface area contributed by atoms with Gasteiger partial charge in [-0.25, -0.2) is 4.98 Å². The van der Waals surface area contributed by atoms with Crippen molar-refractivity contribution in [3.05, 3.63) is 50.6 Å². The highest BCUT2D eigenvalue weighted by Crippen LogP contribution is 2.30. The Balaban J connectivity index is 1.80. The molecule has 1 aliphatic rings. The van der Waals surface area contributed by atoms with E-state index in [2.05, 4.69) is 0 Å². The fourth-order valence-corrected chi connectivity index (χ4v) is 5.54. The van der Waals surface area contributed by atoms with E-state index in [4.69, 9.17) is 4.98 Å². The molecule has 3 aromatic rings. The number of hydrogen-bond donors (Lipinski definition) is 0. The monoisotopic (exact) mass is 413 g/mol. The maximum atomic E-state index is 13.4. The van der Waals surface area contributed by atoms with Crippen LogP contribution in [0.25, 0.3) is 15.9 Å². The minimum absolute atomic E-state index is 0.0615. The second kappa shape index (κ2) is 7.72. The van der Waals surface area contributed by atoms with Gasteiger partial charge in [-0.15, -0.1) is 11.3 Å². The minimum Gasteiger partial charge on any atom is -0.342 e. The molecule has 2 aromatic heterocycles. The van der Waals surface area contributed by atoms with E-state index in [-0.39, 0.29) is 11.5 Å². The smallest absolute Gasteiger partial charge is 0.267 e. The summed E-state index contributed by atoms with van der Waals surface area (Å²) in [5, 5.41) is 1.26. The summed E-state index contributed by atoms with van der Waals surface area (Å²) < 4.78 is 1.66. The van der Waals surface area contributed by atoms with Crippen LogP contribution in [0.2, 0.25) is 0 Å². The van der Waals surface area contributed by atoms with Crippen LogP contribution in [-0.2, 0) is 4.79 Å². The summed E-state index contributed by atoms with van der Waals surface area (Å²) in [7, 11) is 0. The Kier molecular flexibility index (Phi) is 5.29. The summed E-state index contributed by atoms with van der Waals surface area (Å²) in [4.78, 5) is 34.5. The predicted molar refractivity (Wildman–Crippen MR) is 116 cm³/mol. The molecule has 1 aliphatic heterocycles. The molecule has 28 heavy (non-hydrogen) atoms. The van der Waals surface area contributed by atoms with Gasteiger partial charge in [0, 0.05) is 18.0 Å². The van der Waals surface area contributed by atoms with Crippen molar-refractivity contribution in [1.29, 1.82) is 0 Å². The molecule has 146 valence electrons. The second-order valence-electron chi connectivity index (χ2n) is 7.21. The Hall–Kier alpha value is -2.12. The van der Waals surface area contributed by atoms with Crippen molar-refractivity contribution in [1.82, 2.24) is 14.5 Å². The summed E-state index contributed by atoms with van der Waals surface area (Å²) in [6.07, 6.45) is 2.14. The maximum absolute atomic E-state index is 13.4. The number of aryl methyl sites for hydroxylation is 3. The fourth-order valence-electron chi connectivity index (χ4n) is 3.55. The molecule has 1 fully saturated rings. The van der Waals surface area contributed by atoms with Crippen molar-refractivity contribution in [2.75, 3.05) is 18.8 Å². The van der Waals surface area contributed by atoms with E-state index in [0.717, 1.165) is 52.5 Å². The number of aromatic nitrogens is 2. The summed E-state index contributed by atoms with van der Waals surface area (Å²) in [6.45, 7) is 7.66. The lowest BCUT2D eigenvalue weighted by Gasteiger charge is -2.16. The van der Waals surface area contributed by atoms with Crippen LogP contribution < -0.4 is 5.56 Å². The Bertz CT molecular complexity index is 1110. The van der Waals surface area contributed by atoms with Gasteiger partial charge < -0.3 is 4.90 Å². The van der Waals surface area contributed by atoms with E-state index < -0.39 is 0 Å². The highest BCUT2D eigenvalue weighted by molar-refractivity contribution is 7.99. The van der Waals surface area contributed by atoms with Crippen molar-refractivity contribution in [3.8, 4) is 5.69 Å². The maximum Gasteiger partial charge on any atom is 0.267 e. The normalized spacial score (nSPS) is 14.2. The molecule has 1 amide bonds. The topological polar surface area (TPSA) is 55.2 Å². The fraction of sp³-hybridized carbons (Fsp3) is 0.381. The third kappa shape index (κ3) is 3.49. The van der Waals surface area contributed by atoms with E-state index in [1.54, 1.807) is 15.9 Å². The highest BCUT2D eigenvalue weighted by atomic mass is 32.2. The zero-order chi connectivity index (χ0) is 19.8. The molecule has 0 atom stereocenters. The largest absolute Gasteiger partial charge is 0.342 e. The highest BCUT2D eigenvalue weighted by Gasteiger charge is 2.21. The lowest BCUT2D eigenvalue weighted by atomic mass is 10.2. The molecule has 0 unspecified atom stereocenters.